The number of aromatic nitrogens is 2. The SMILES string of the molecule is COc1ccc(OC)c(NC(=O)CSc2nccn2Cc2ccc(C)cc2)c1. The zero-order valence-corrected chi connectivity index (χ0v) is 17.0. The van der Waals surface area contributed by atoms with Crippen molar-refractivity contribution in [1.29, 1.82) is 0 Å². The van der Waals surface area contributed by atoms with Crippen molar-refractivity contribution in [3.8, 4) is 11.5 Å². The summed E-state index contributed by atoms with van der Waals surface area (Å²) in [5.74, 6) is 1.34. The maximum Gasteiger partial charge on any atom is 0.234 e. The highest BCUT2D eigenvalue weighted by molar-refractivity contribution is 7.99. The molecule has 146 valence electrons. The molecule has 0 bridgehead atoms. The lowest BCUT2D eigenvalue weighted by molar-refractivity contribution is -0.113. The van der Waals surface area contributed by atoms with Gasteiger partial charge in [-0.1, -0.05) is 41.6 Å². The fourth-order valence-electron chi connectivity index (χ4n) is 2.67. The summed E-state index contributed by atoms with van der Waals surface area (Å²) in [6.45, 7) is 2.78. The van der Waals surface area contributed by atoms with Crippen LogP contribution >= 0.6 is 11.8 Å². The topological polar surface area (TPSA) is 65.4 Å². The van der Waals surface area contributed by atoms with Crippen molar-refractivity contribution in [2.24, 2.45) is 0 Å². The molecule has 6 nitrogen and oxygen atoms in total. The zero-order valence-electron chi connectivity index (χ0n) is 16.1. The van der Waals surface area contributed by atoms with Crippen molar-refractivity contribution in [3.05, 3.63) is 66.0 Å². The molecule has 1 N–H and O–H groups in total. The Kier molecular flexibility index (Phi) is 6.60. The third-order valence-corrected chi connectivity index (χ3v) is 5.17. The number of anilines is 1. The first-order valence-corrected chi connectivity index (χ1v) is 9.79. The second kappa shape index (κ2) is 9.32. The van der Waals surface area contributed by atoms with Crippen LogP contribution in [0, 0.1) is 6.92 Å². The second-order valence-electron chi connectivity index (χ2n) is 6.23. The Labute approximate surface area is 168 Å². The lowest BCUT2D eigenvalue weighted by Crippen LogP contribution is -2.15. The fraction of sp³-hybridized carbons (Fsp3) is 0.238. The first-order chi connectivity index (χ1) is 13.6. The van der Waals surface area contributed by atoms with Gasteiger partial charge in [0.1, 0.15) is 11.5 Å². The third-order valence-electron chi connectivity index (χ3n) is 4.16. The number of nitrogens with zero attached hydrogens (tertiary/aromatic N) is 2. The predicted octanol–water partition coefficient (Wildman–Crippen LogP) is 3.99. The van der Waals surface area contributed by atoms with Crippen molar-refractivity contribution >= 4 is 23.4 Å². The summed E-state index contributed by atoms with van der Waals surface area (Å²) in [4.78, 5) is 16.8. The summed E-state index contributed by atoms with van der Waals surface area (Å²) in [5.41, 5.74) is 3.00. The third kappa shape index (κ3) is 5.07. The van der Waals surface area contributed by atoms with Crippen LogP contribution in [0.15, 0.2) is 60.0 Å². The molecule has 1 aromatic heterocycles. The van der Waals surface area contributed by atoms with E-state index in [4.69, 9.17) is 9.47 Å². The lowest BCUT2D eigenvalue weighted by atomic mass is 10.1. The Morgan fingerprint density at radius 3 is 2.64 bits per heavy atom. The summed E-state index contributed by atoms with van der Waals surface area (Å²) in [5, 5.41) is 3.67. The van der Waals surface area contributed by atoms with Gasteiger partial charge in [0, 0.05) is 25.0 Å². The van der Waals surface area contributed by atoms with E-state index in [0.29, 0.717) is 23.7 Å². The molecule has 1 heterocycles. The van der Waals surface area contributed by atoms with Crippen LogP contribution in [0.1, 0.15) is 11.1 Å². The first kappa shape index (κ1) is 19.8. The molecule has 0 unspecified atom stereocenters. The highest BCUT2D eigenvalue weighted by Crippen LogP contribution is 2.29. The number of rotatable bonds is 8. The number of benzene rings is 2. The van der Waals surface area contributed by atoms with Gasteiger partial charge in [-0.3, -0.25) is 4.79 Å². The molecule has 0 spiro atoms. The summed E-state index contributed by atoms with van der Waals surface area (Å²) >= 11 is 1.39. The number of amides is 1. The van der Waals surface area contributed by atoms with Crippen LogP contribution in [0.2, 0.25) is 0 Å². The Morgan fingerprint density at radius 2 is 1.93 bits per heavy atom. The summed E-state index contributed by atoms with van der Waals surface area (Å²) < 4.78 is 12.5. The number of ether oxygens (including phenoxy) is 2. The van der Waals surface area contributed by atoms with E-state index in [-0.39, 0.29) is 11.7 Å². The van der Waals surface area contributed by atoms with Crippen LogP contribution in [-0.2, 0) is 11.3 Å². The Hall–Kier alpha value is -2.93. The normalized spacial score (nSPS) is 10.5. The fourth-order valence-corrected chi connectivity index (χ4v) is 3.43. The van der Waals surface area contributed by atoms with Crippen molar-refractivity contribution in [1.82, 2.24) is 9.55 Å². The predicted molar refractivity (Wildman–Crippen MR) is 111 cm³/mol. The molecule has 7 heteroatoms. The van der Waals surface area contributed by atoms with Gasteiger partial charge in [-0.25, -0.2) is 4.98 Å². The quantitative estimate of drug-likeness (QED) is 0.582. The molecule has 28 heavy (non-hydrogen) atoms. The molecule has 0 aliphatic carbocycles. The molecule has 3 aromatic rings. The van der Waals surface area contributed by atoms with Crippen LogP contribution in [0.25, 0.3) is 0 Å². The minimum absolute atomic E-state index is 0.138. The highest BCUT2D eigenvalue weighted by Gasteiger charge is 2.12. The standard InChI is InChI=1S/C21H23N3O3S/c1-15-4-6-16(7-5-15)13-24-11-10-22-21(24)28-14-20(25)23-18-12-17(26-2)8-9-19(18)27-3/h4-12H,13-14H2,1-3H3,(H,23,25). The number of nitrogens with one attached hydrogen (secondary N) is 1. The maximum absolute atomic E-state index is 12.4. The van der Waals surface area contributed by atoms with Gasteiger partial charge in [0.05, 0.1) is 25.7 Å². The van der Waals surface area contributed by atoms with Gasteiger partial charge >= 0.3 is 0 Å². The van der Waals surface area contributed by atoms with Crippen molar-refractivity contribution < 1.29 is 14.3 Å². The van der Waals surface area contributed by atoms with Crippen molar-refractivity contribution in [2.75, 3.05) is 25.3 Å². The summed E-state index contributed by atoms with van der Waals surface area (Å²) in [6.07, 6.45) is 3.67. The van der Waals surface area contributed by atoms with Gasteiger partial charge in [0.25, 0.3) is 0 Å². The molecule has 0 saturated heterocycles. The van der Waals surface area contributed by atoms with Gasteiger partial charge in [-0.2, -0.15) is 0 Å². The van der Waals surface area contributed by atoms with E-state index in [0.717, 1.165) is 5.16 Å². The van der Waals surface area contributed by atoms with Gasteiger partial charge in [-0.05, 0) is 24.6 Å². The monoisotopic (exact) mass is 397 g/mol. The Balaban J connectivity index is 1.61. The average Bonchev–Trinajstić information content (AvgIpc) is 3.15. The molecule has 0 fully saturated rings. The van der Waals surface area contributed by atoms with Crippen LogP contribution < -0.4 is 14.8 Å². The maximum atomic E-state index is 12.4. The Morgan fingerprint density at radius 1 is 1.14 bits per heavy atom. The molecule has 2 aromatic carbocycles. The minimum atomic E-state index is -0.138. The number of carbonyl (C=O) groups is 1. The lowest BCUT2D eigenvalue weighted by Gasteiger charge is -2.12. The minimum Gasteiger partial charge on any atom is -0.497 e. The number of thioether (sulfide) groups is 1. The molecule has 1 amide bonds. The molecule has 0 radical (unpaired) electrons. The van der Waals surface area contributed by atoms with E-state index in [2.05, 4.69) is 41.5 Å². The van der Waals surface area contributed by atoms with E-state index in [1.54, 1.807) is 38.6 Å². The molecule has 3 rings (SSSR count). The Bertz CT molecular complexity index is 938. The molecule has 0 saturated carbocycles. The van der Waals surface area contributed by atoms with Crippen LogP contribution in [0.4, 0.5) is 5.69 Å². The van der Waals surface area contributed by atoms with Crippen molar-refractivity contribution in [2.45, 2.75) is 18.6 Å². The van der Waals surface area contributed by atoms with Crippen LogP contribution in [0.5, 0.6) is 11.5 Å². The van der Waals surface area contributed by atoms with Crippen molar-refractivity contribution in [3.63, 3.8) is 0 Å². The van der Waals surface area contributed by atoms with E-state index < -0.39 is 0 Å². The van der Waals surface area contributed by atoms with E-state index in [9.17, 15) is 4.79 Å². The van der Waals surface area contributed by atoms with Gasteiger partial charge in [0.2, 0.25) is 5.91 Å². The van der Waals surface area contributed by atoms with Gasteiger partial charge in [0.15, 0.2) is 5.16 Å². The van der Waals surface area contributed by atoms with Gasteiger partial charge < -0.3 is 19.4 Å². The number of hydrogen-bond acceptors (Lipinski definition) is 5. The van der Waals surface area contributed by atoms with Gasteiger partial charge in [-0.15, -0.1) is 0 Å². The average molecular weight is 398 g/mol. The largest absolute Gasteiger partial charge is 0.497 e. The smallest absolute Gasteiger partial charge is 0.234 e. The van der Waals surface area contributed by atoms with Crippen LogP contribution in [0.3, 0.4) is 0 Å². The van der Waals surface area contributed by atoms with E-state index in [1.165, 1.54) is 22.9 Å². The number of methoxy groups -OCH3 is 2. The van der Waals surface area contributed by atoms with E-state index in [1.807, 2.05) is 10.8 Å². The zero-order chi connectivity index (χ0) is 19.9. The molecular formula is C21H23N3O3S. The second-order valence-corrected chi connectivity index (χ2v) is 7.17. The number of hydrogen-bond donors (Lipinski definition) is 1. The van der Waals surface area contributed by atoms with Crippen LogP contribution in [-0.4, -0.2) is 35.4 Å². The number of aryl methyl sites for hydroxylation is 1. The first-order valence-electron chi connectivity index (χ1n) is 8.80. The summed E-state index contributed by atoms with van der Waals surface area (Å²) in [6, 6.07) is 13.7. The molecule has 0 aliphatic rings. The molecule has 0 atom stereocenters. The number of imidazole rings is 1. The summed E-state index contributed by atoms with van der Waals surface area (Å²) in [7, 11) is 3.14. The van der Waals surface area contributed by atoms with E-state index >= 15 is 0 Å². The molecule has 0 aliphatic heterocycles. The molecular weight excluding hydrogens is 374 g/mol. The highest BCUT2D eigenvalue weighted by atomic mass is 32.2. The number of carbonyl (C=O) groups excluding carboxylic acids is 1.